The molecule has 1 N–H and O–H groups in total. The van der Waals surface area contributed by atoms with Crippen LogP contribution in [-0.4, -0.2) is 54.8 Å². The molecule has 0 aliphatic rings. The minimum absolute atomic E-state index is 0.314. The van der Waals surface area contributed by atoms with Gasteiger partial charge in [-0.25, -0.2) is 4.98 Å². The number of ether oxygens (including phenoxy) is 1. The predicted molar refractivity (Wildman–Crippen MR) is 64.6 cm³/mol. The minimum atomic E-state index is -2.54. The number of likely N-dealkylation sites (N-methyl/N-ethyl adjacent to an activating group) is 1. The quantitative estimate of drug-likeness (QED) is 0.673. The van der Waals surface area contributed by atoms with Crippen LogP contribution < -0.4 is 5.32 Å². The van der Waals surface area contributed by atoms with Crippen molar-refractivity contribution in [2.75, 3.05) is 40.4 Å². The number of rotatable bonds is 9. The summed E-state index contributed by atoms with van der Waals surface area (Å²) < 4.78 is 31.2. The van der Waals surface area contributed by atoms with E-state index < -0.39 is 6.55 Å². The fraction of sp³-hybridized carbons (Fsp3) is 0.727. The van der Waals surface area contributed by atoms with Gasteiger partial charge in [-0.2, -0.15) is 8.78 Å². The largest absolute Gasteiger partial charge is 0.379 e. The van der Waals surface area contributed by atoms with E-state index in [4.69, 9.17) is 4.74 Å². The highest BCUT2D eigenvalue weighted by atomic mass is 19.3. The molecule has 0 unspecified atom stereocenters. The first-order valence-corrected chi connectivity index (χ1v) is 5.84. The number of hydrogen-bond donors (Lipinski definition) is 1. The van der Waals surface area contributed by atoms with E-state index in [0.717, 1.165) is 11.1 Å². The molecule has 18 heavy (non-hydrogen) atoms. The predicted octanol–water partition coefficient (Wildman–Crippen LogP) is 0.946. The lowest BCUT2D eigenvalue weighted by Gasteiger charge is -2.10. The van der Waals surface area contributed by atoms with Crippen LogP contribution in [0.3, 0.4) is 0 Å². The minimum Gasteiger partial charge on any atom is -0.379 e. The van der Waals surface area contributed by atoms with Crippen LogP contribution in [0.5, 0.6) is 0 Å². The maximum atomic E-state index is 12.5. The Morgan fingerprint density at radius 2 is 2.22 bits per heavy atom. The van der Waals surface area contributed by atoms with Crippen molar-refractivity contribution < 1.29 is 13.5 Å². The zero-order valence-corrected chi connectivity index (χ0v) is 10.8. The van der Waals surface area contributed by atoms with Crippen molar-refractivity contribution in [2.45, 2.75) is 13.1 Å². The van der Waals surface area contributed by atoms with Gasteiger partial charge >= 0.3 is 6.55 Å². The second-order valence-corrected chi connectivity index (χ2v) is 4.12. The normalized spacial score (nSPS) is 11.7. The fourth-order valence-corrected chi connectivity index (χ4v) is 1.35. The molecule has 0 radical (unpaired) electrons. The summed E-state index contributed by atoms with van der Waals surface area (Å²) in [5.74, 6) is 0.332. The lowest BCUT2D eigenvalue weighted by atomic mass is 10.5. The van der Waals surface area contributed by atoms with Crippen LogP contribution >= 0.6 is 0 Å². The molecule has 0 saturated heterocycles. The van der Waals surface area contributed by atoms with Gasteiger partial charge in [0.2, 0.25) is 0 Å². The molecule has 0 fully saturated rings. The standard InChI is InChI=1S/C11H20F2N4O/c1-16(2)6-8-18-7-4-14-9-10-15-3-5-17(10)11(12)13/h3,5,11,14H,4,6-9H2,1-2H3. The Morgan fingerprint density at radius 3 is 2.89 bits per heavy atom. The summed E-state index contributed by atoms with van der Waals surface area (Å²) in [4.78, 5) is 5.90. The Labute approximate surface area is 106 Å². The number of nitrogens with one attached hydrogen (secondary N) is 1. The van der Waals surface area contributed by atoms with Gasteiger partial charge < -0.3 is 15.0 Å². The van der Waals surface area contributed by atoms with Gasteiger partial charge in [0.05, 0.1) is 19.8 Å². The topological polar surface area (TPSA) is 42.3 Å². The second-order valence-electron chi connectivity index (χ2n) is 4.12. The van der Waals surface area contributed by atoms with E-state index in [1.165, 1.54) is 12.4 Å². The molecule has 0 aliphatic carbocycles. The summed E-state index contributed by atoms with van der Waals surface area (Å²) in [7, 11) is 3.96. The number of halogens is 2. The molecular weight excluding hydrogens is 242 g/mol. The third-order valence-corrected chi connectivity index (χ3v) is 2.35. The van der Waals surface area contributed by atoms with Gasteiger partial charge in [0.15, 0.2) is 0 Å². The number of alkyl halides is 2. The van der Waals surface area contributed by atoms with Gasteiger partial charge in [0.1, 0.15) is 5.82 Å². The molecule has 0 amide bonds. The van der Waals surface area contributed by atoms with Gasteiger partial charge in [-0.3, -0.25) is 4.57 Å². The van der Waals surface area contributed by atoms with E-state index in [0.29, 0.717) is 32.1 Å². The lowest BCUT2D eigenvalue weighted by molar-refractivity contribution is 0.0664. The smallest absolute Gasteiger partial charge is 0.319 e. The molecule has 5 nitrogen and oxygen atoms in total. The van der Waals surface area contributed by atoms with Gasteiger partial charge in [0.25, 0.3) is 0 Å². The lowest BCUT2D eigenvalue weighted by Crippen LogP contribution is -2.24. The Hall–Kier alpha value is -1.05. The Kier molecular flexibility index (Phi) is 6.77. The average Bonchev–Trinajstić information content (AvgIpc) is 2.75. The van der Waals surface area contributed by atoms with E-state index in [9.17, 15) is 8.78 Å². The van der Waals surface area contributed by atoms with Crippen LogP contribution in [0.4, 0.5) is 8.78 Å². The highest BCUT2D eigenvalue weighted by Crippen LogP contribution is 2.11. The molecule has 1 aromatic rings. The molecule has 0 spiro atoms. The Morgan fingerprint density at radius 1 is 1.44 bits per heavy atom. The maximum absolute atomic E-state index is 12.5. The van der Waals surface area contributed by atoms with Crippen molar-refractivity contribution in [3.05, 3.63) is 18.2 Å². The molecule has 0 atom stereocenters. The zero-order chi connectivity index (χ0) is 13.4. The van der Waals surface area contributed by atoms with Crippen molar-refractivity contribution in [1.29, 1.82) is 0 Å². The first-order chi connectivity index (χ1) is 8.61. The SMILES string of the molecule is CN(C)CCOCCNCc1nccn1C(F)F. The summed E-state index contributed by atoms with van der Waals surface area (Å²) in [5.41, 5.74) is 0. The monoisotopic (exact) mass is 262 g/mol. The van der Waals surface area contributed by atoms with Crippen molar-refractivity contribution in [2.24, 2.45) is 0 Å². The molecule has 0 aromatic carbocycles. The van der Waals surface area contributed by atoms with Crippen molar-refractivity contribution in [3.63, 3.8) is 0 Å². The first-order valence-electron chi connectivity index (χ1n) is 5.84. The summed E-state index contributed by atoms with van der Waals surface area (Å²) in [6.45, 7) is 0.484. The third-order valence-electron chi connectivity index (χ3n) is 2.35. The van der Waals surface area contributed by atoms with Gasteiger partial charge in [0, 0.05) is 25.5 Å². The van der Waals surface area contributed by atoms with Crippen LogP contribution in [0.15, 0.2) is 12.4 Å². The van der Waals surface area contributed by atoms with Gasteiger partial charge in [-0.05, 0) is 14.1 Å². The number of imidazole rings is 1. The van der Waals surface area contributed by atoms with Crippen molar-refractivity contribution in [3.8, 4) is 0 Å². The van der Waals surface area contributed by atoms with Crippen LogP contribution in [-0.2, 0) is 11.3 Å². The van der Waals surface area contributed by atoms with E-state index in [1.807, 2.05) is 19.0 Å². The molecule has 0 aliphatic heterocycles. The molecular formula is C11H20F2N4O. The van der Waals surface area contributed by atoms with Crippen LogP contribution in [0.2, 0.25) is 0 Å². The molecule has 1 aromatic heterocycles. The number of nitrogens with zero attached hydrogens (tertiary/aromatic N) is 3. The Bertz CT molecular complexity index is 331. The number of hydrogen-bond acceptors (Lipinski definition) is 4. The zero-order valence-electron chi connectivity index (χ0n) is 10.8. The Balaban J connectivity index is 2.09. The van der Waals surface area contributed by atoms with Crippen LogP contribution in [0.1, 0.15) is 12.4 Å². The summed E-state index contributed by atoms with van der Waals surface area (Å²) >= 11 is 0. The van der Waals surface area contributed by atoms with Crippen molar-refractivity contribution >= 4 is 0 Å². The van der Waals surface area contributed by atoms with Gasteiger partial charge in [-0.15, -0.1) is 0 Å². The molecule has 7 heteroatoms. The van der Waals surface area contributed by atoms with E-state index in [2.05, 4.69) is 10.3 Å². The fourth-order valence-electron chi connectivity index (χ4n) is 1.35. The summed E-state index contributed by atoms with van der Waals surface area (Å²) in [6, 6.07) is 0. The van der Waals surface area contributed by atoms with E-state index >= 15 is 0 Å². The highest BCUT2D eigenvalue weighted by molar-refractivity contribution is 4.92. The third kappa shape index (κ3) is 5.52. The molecule has 0 bridgehead atoms. The maximum Gasteiger partial charge on any atom is 0.319 e. The van der Waals surface area contributed by atoms with E-state index in [1.54, 1.807) is 0 Å². The summed E-state index contributed by atoms with van der Waals surface area (Å²) in [6.07, 6.45) is 2.64. The van der Waals surface area contributed by atoms with E-state index in [-0.39, 0.29) is 0 Å². The molecule has 104 valence electrons. The van der Waals surface area contributed by atoms with Crippen LogP contribution in [0.25, 0.3) is 0 Å². The van der Waals surface area contributed by atoms with Gasteiger partial charge in [-0.1, -0.05) is 0 Å². The van der Waals surface area contributed by atoms with Crippen molar-refractivity contribution in [1.82, 2.24) is 19.8 Å². The molecule has 0 saturated carbocycles. The number of aromatic nitrogens is 2. The summed E-state index contributed by atoms with van der Waals surface area (Å²) in [5, 5.41) is 3.02. The second kappa shape index (κ2) is 8.12. The highest BCUT2D eigenvalue weighted by Gasteiger charge is 2.10. The molecule has 1 heterocycles. The van der Waals surface area contributed by atoms with Crippen LogP contribution in [0, 0.1) is 0 Å². The average molecular weight is 262 g/mol. The molecule has 1 rings (SSSR count). The first kappa shape index (κ1) is 15.0.